The Morgan fingerprint density at radius 2 is 2.14 bits per heavy atom. The Morgan fingerprint density at radius 1 is 1.32 bits per heavy atom. The molecule has 9 nitrogen and oxygen atoms in total. The average molecular weight is 419 g/mol. The molecule has 0 saturated heterocycles. The summed E-state index contributed by atoms with van der Waals surface area (Å²) in [5, 5.41) is 14.9. The van der Waals surface area contributed by atoms with Gasteiger partial charge in [0.2, 0.25) is 21.1 Å². The first-order valence-electron chi connectivity index (χ1n) is 8.02. The van der Waals surface area contributed by atoms with Gasteiger partial charge in [0.25, 0.3) is 0 Å². The summed E-state index contributed by atoms with van der Waals surface area (Å²) in [5.74, 6) is 1.76. The number of nitrogens with zero attached hydrogens (tertiary/aromatic N) is 2. The van der Waals surface area contributed by atoms with Gasteiger partial charge in [-0.1, -0.05) is 17.8 Å². The van der Waals surface area contributed by atoms with Crippen molar-refractivity contribution in [2.45, 2.75) is 17.0 Å². The van der Waals surface area contributed by atoms with E-state index < -0.39 is 10.0 Å². The first-order chi connectivity index (χ1) is 13.3. The first-order valence-corrected chi connectivity index (χ1v) is 10.6. The van der Waals surface area contributed by atoms with Gasteiger partial charge in [0.05, 0.1) is 10.6 Å². The molecule has 0 spiro atoms. The van der Waals surface area contributed by atoms with E-state index in [0.717, 1.165) is 17.5 Å². The van der Waals surface area contributed by atoms with E-state index in [9.17, 15) is 13.2 Å². The number of rotatable bonds is 7. The third kappa shape index (κ3) is 5.55. The second-order valence-electron chi connectivity index (χ2n) is 5.69. The number of aryl methyl sites for hydroxylation is 1. The average Bonchev–Trinajstić information content (AvgIpc) is 3.26. The number of sulfonamides is 1. The van der Waals surface area contributed by atoms with E-state index >= 15 is 0 Å². The zero-order valence-electron chi connectivity index (χ0n) is 14.7. The van der Waals surface area contributed by atoms with Crippen molar-refractivity contribution in [3.8, 4) is 0 Å². The van der Waals surface area contributed by atoms with Crippen molar-refractivity contribution in [3.63, 3.8) is 0 Å². The van der Waals surface area contributed by atoms with Gasteiger partial charge in [0, 0.05) is 5.69 Å². The molecule has 3 aromatic rings. The Bertz CT molecular complexity index is 1120. The monoisotopic (exact) mass is 419 g/mol. The molecule has 1 amide bonds. The number of anilines is 1. The van der Waals surface area contributed by atoms with Gasteiger partial charge in [0.1, 0.15) is 17.3 Å². The summed E-state index contributed by atoms with van der Waals surface area (Å²) in [6, 6.07) is 9.42. The van der Waals surface area contributed by atoms with Crippen molar-refractivity contribution in [3.05, 3.63) is 53.7 Å². The van der Waals surface area contributed by atoms with Crippen molar-refractivity contribution in [2.75, 3.05) is 11.1 Å². The zero-order chi connectivity index (χ0) is 20.1. The highest BCUT2D eigenvalue weighted by Crippen LogP contribution is 2.17. The van der Waals surface area contributed by atoms with Crippen LogP contribution in [0.4, 0.5) is 5.69 Å². The fraction of sp³-hybridized carbons (Fsp3) is 0.118. The highest BCUT2D eigenvalue weighted by Gasteiger charge is 2.11. The van der Waals surface area contributed by atoms with Gasteiger partial charge in [-0.3, -0.25) is 9.89 Å². The predicted octanol–water partition coefficient (Wildman–Crippen LogP) is 2.25. The van der Waals surface area contributed by atoms with Crippen LogP contribution in [0.1, 0.15) is 17.3 Å². The van der Waals surface area contributed by atoms with Crippen LogP contribution in [0.25, 0.3) is 12.2 Å². The predicted molar refractivity (Wildman–Crippen MR) is 106 cm³/mol. The maximum Gasteiger partial charge on any atom is 0.238 e. The highest BCUT2D eigenvalue weighted by atomic mass is 32.2. The maximum absolute atomic E-state index is 12.1. The van der Waals surface area contributed by atoms with E-state index in [1.807, 2.05) is 19.1 Å². The molecule has 28 heavy (non-hydrogen) atoms. The summed E-state index contributed by atoms with van der Waals surface area (Å²) in [4.78, 5) is 16.2. The van der Waals surface area contributed by atoms with Gasteiger partial charge < -0.3 is 9.73 Å². The topological polar surface area (TPSA) is 144 Å². The van der Waals surface area contributed by atoms with Crippen molar-refractivity contribution < 1.29 is 17.6 Å². The fourth-order valence-corrected chi connectivity index (χ4v) is 3.34. The van der Waals surface area contributed by atoms with E-state index in [1.54, 1.807) is 18.2 Å². The maximum atomic E-state index is 12.1. The number of thioether (sulfide) groups is 1. The number of furan rings is 1. The van der Waals surface area contributed by atoms with Crippen LogP contribution >= 0.6 is 11.8 Å². The van der Waals surface area contributed by atoms with Gasteiger partial charge in [-0.2, -0.15) is 0 Å². The molecule has 2 aromatic heterocycles. The van der Waals surface area contributed by atoms with E-state index in [0.29, 0.717) is 22.4 Å². The van der Waals surface area contributed by atoms with E-state index in [-0.39, 0.29) is 16.6 Å². The van der Waals surface area contributed by atoms with Crippen molar-refractivity contribution in [1.29, 1.82) is 0 Å². The van der Waals surface area contributed by atoms with E-state index in [2.05, 4.69) is 20.5 Å². The number of primary sulfonamides is 1. The smallest absolute Gasteiger partial charge is 0.238 e. The molecule has 0 saturated carbocycles. The Hall–Kier alpha value is -2.89. The number of amides is 1. The normalized spacial score (nSPS) is 11.8. The molecule has 0 aliphatic heterocycles. The van der Waals surface area contributed by atoms with Gasteiger partial charge in [0.15, 0.2) is 0 Å². The second-order valence-corrected chi connectivity index (χ2v) is 8.20. The summed E-state index contributed by atoms with van der Waals surface area (Å²) in [6.45, 7) is 1.86. The third-order valence-electron chi connectivity index (χ3n) is 3.43. The molecule has 3 rings (SSSR count). The van der Waals surface area contributed by atoms with Crippen LogP contribution in [0.15, 0.2) is 50.9 Å². The number of carbonyl (C=O) groups excluding carboxylic acids is 1. The van der Waals surface area contributed by atoms with Crippen LogP contribution in [0.5, 0.6) is 0 Å². The molecule has 0 aliphatic rings. The Balaban J connectivity index is 1.54. The number of H-pyrrole nitrogens is 1. The van der Waals surface area contributed by atoms with Gasteiger partial charge in [-0.05, 0) is 49.4 Å². The molecule has 4 N–H and O–H groups in total. The number of nitrogens with one attached hydrogen (secondary N) is 2. The summed E-state index contributed by atoms with van der Waals surface area (Å²) >= 11 is 1.14. The van der Waals surface area contributed by atoms with Crippen LogP contribution in [-0.2, 0) is 14.8 Å². The van der Waals surface area contributed by atoms with E-state index in [4.69, 9.17) is 9.56 Å². The molecular weight excluding hydrogens is 402 g/mol. The zero-order valence-corrected chi connectivity index (χ0v) is 16.4. The second kappa shape index (κ2) is 8.42. The summed E-state index contributed by atoms with van der Waals surface area (Å²) in [7, 11) is -3.83. The number of carbonyl (C=O) groups is 1. The van der Waals surface area contributed by atoms with Crippen LogP contribution in [0, 0.1) is 6.92 Å². The molecule has 0 bridgehead atoms. The molecule has 0 radical (unpaired) electrons. The molecule has 2 heterocycles. The third-order valence-corrected chi connectivity index (χ3v) is 5.19. The molecule has 11 heteroatoms. The number of hydrogen-bond acceptors (Lipinski definition) is 7. The largest absolute Gasteiger partial charge is 0.462 e. The highest BCUT2D eigenvalue weighted by molar-refractivity contribution is 7.99. The first kappa shape index (κ1) is 19.9. The minimum absolute atomic E-state index is 0.0536. The van der Waals surface area contributed by atoms with Crippen molar-refractivity contribution in [2.24, 2.45) is 5.14 Å². The summed E-state index contributed by atoms with van der Waals surface area (Å²) in [6.07, 6.45) is 3.47. The minimum atomic E-state index is -3.83. The lowest BCUT2D eigenvalue weighted by Crippen LogP contribution is -2.16. The molecule has 0 unspecified atom stereocenters. The lowest BCUT2D eigenvalue weighted by Gasteiger charge is -2.05. The lowest BCUT2D eigenvalue weighted by atomic mass is 10.3. The number of aromatic nitrogens is 3. The van der Waals surface area contributed by atoms with Crippen LogP contribution in [0.3, 0.4) is 0 Å². The Labute approximate surface area is 165 Å². The number of aromatic amines is 1. The SMILES string of the molecule is Cc1ccc(/C=C/c2nc(SCC(=O)Nc3cccc(S(N)(=O)=O)c3)n[nH]2)o1. The van der Waals surface area contributed by atoms with Gasteiger partial charge >= 0.3 is 0 Å². The molecule has 0 aliphatic carbocycles. The van der Waals surface area contributed by atoms with Crippen molar-refractivity contribution in [1.82, 2.24) is 15.2 Å². The molecule has 0 fully saturated rings. The number of hydrogen-bond donors (Lipinski definition) is 3. The van der Waals surface area contributed by atoms with E-state index in [1.165, 1.54) is 18.2 Å². The van der Waals surface area contributed by atoms with Crippen LogP contribution < -0.4 is 10.5 Å². The summed E-state index contributed by atoms with van der Waals surface area (Å²) in [5.41, 5.74) is 0.337. The Kier molecular flexibility index (Phi) is 5.97. The van der Waals surface area contributed by atoms with Gasteiger partial charge in [-0.25, -0.2) is 18.5 Å². The number of nitrogens with two attached hydrogens (primary N) is 1. The van der Waals surface area contributed by atoms with Crippen LogP contribution in [-0.4, -0.2) is 35.3 Å². The fourth-order valence-electron chi connectivity index (χ4n) is 2.18. The van der Waals surface area contributed by atoms with Crippen LogP contribution in [0.2, 0.25) is 0 Å². The Morgan fingerprint density at radius 3 is 2.86 bits per heavy atom. The molecule has 146 valence electrons. The number of benzene rings is 1. The quantitative estimate of drug-likeness (QED) is 0.498. The summed E-state index contributed by atoms with van der Waals surface area (Å²) < 4.78 is 28.1. The molecule has 1 aromatic carbocycles. The van der Waals surface area contributed by atoms with Gasteiger partial charge in [-0.15, -0.1) is 5.10 Å². The lowest BCUT2D eigenvalue weighted by molar-refractivity contribution is -0.113. The standard InChI is InChI=1S/C17H17N5O4S2/c1-11-5-6-13(26-11)7-8-15-20-17(22-21-15)27-10-16(23)19-12-3-2-4-14(9-12)28(18,24)25/h2-9H,10H2,1H3,(H,19,23)(H2,18,24,25)(H,20,21,22)/b8-7+. The minimum Gasteiger partial charge on any atom is -0.462 e. The molecule has 0 atom stereocenters. The van der Waals surface area contributed by atoms with Crippen molar-refractivity contribution >= 4 is 45.5 Å². The molecular formula is C17H17N5O4S2.